The molecule has 1 aliphatic heterocycles. The molecule has 0 unspecified atom stereocenters. The van der Waals surface area contributed by atoms with E-state index < -0.39 is 0 Å². The maximum Gasteiger partial charge on any atom is 0.248 e. The second-order valence-corrected chi connectivity index (χ2v) is 8.55. The predicted molar refractivity (Wildman–Crippen MR) is 127 cm³/mol. The van der Waals surface area contributed by atoms with Crippen LogP contribution >= 0.6 is 0 Å². The average molecular weight is 446 g/mol. The number of rotatable bonds is 6. The van der Waals surface area contributed by atoms with E-state index in [1.54, 1.807) is 17.8 Å². The fourth-order valence-corrected chi connectivity index (χ4v) is 4.49. The average Bonchev–Trinajstić information content (AvgIpc) is 3.55. The van der Waals surface area contributed by atoms with Crippen molar-refractivity contribution in [3.8, 4) is 5.69 Å². The summed E-state index contributed by atoms with van der Waals surface area (Å²) in [5.74, 6) is 1.86. The molecule has 0 spiro atoms. The Balaban J connectivity index is 1.47. The molecule has 0 radical (unpaired) electrons. The second kappa shape index (κ2) is 8.32. The summed E-state index contributed by atoms with van der Waals surface area (Å²) in [6, 6.07) is 7.90. The van der Waals surface area contributed by atoms with Crippen molar-refractivity contribution in [3.05, 3.63) is 59.7 Å². The number of hydrogen-bond donors (Lipinski definition) is 2. The van der Waals surface area contributed by atoms with Gasteiger partial charge in [-0.1, -0.05) is 0 Å². The van der Waals surface area contributed by atoms with Gasteiger partial charge in [0.2, 0.25) is 5.95 Å². The molecule has 9 heteroatoms. The molecular weight excluding hydrogens is 418 g/mol. The lowest BCUT2D eigenvalue weighted by atomic mass is 9.99. The topological polar surface area (TPSA) is 101 Å². The van der Waals surface area contributed by atoms with Crippen LogP contribution in [-0.2, 0) is 0 Å². The van der Waals surface area contributed by atoms with Crippen molar-refractivity contribution in [2.24, 2.45) is 0 Å². The molecule has 0 amide bonds. The largest absolute Gasteiger partial charge is 0.394 e. The molecule has 2 N–H and O–H groups in total. The minimum absolute atomic E-state index is 0.0416. The van der Waals surface area contributed by atoms with Crippen LogP contribution in [0.5, 0.6) is 0 Å². The number of Topliss-reactive ketones (excluding diaryl/α,β-unsaturated/α-hetero) is 1. The van der Waals surface area contributed by atoms with E-state index in [1.807, 2.05) is 55.1 Å². The first-order valence-corrected chi connectivity index (χ1v) is 11.1. The Hall–Kier alpha value is -3.72. The van der Waals surface area contributed by atoms with Gasteiger partial charge in [-0.3, -0.25) is 4.79 Å². The van der Waals surface area contributed by atoms with Crippen molar-refractivity contribution in [1.82, 2.24) is 24.1 Å². The summed E-state index contributed by atoms with van der Waals surface area (Å²) in [5.41, 5.74) is 4.53. The number of ketones is 1. The van der Waals surface area contributed by atoms with E-state index in [1.165, 1.54) is 0 Å². The van der Waals surface area contributed by atoms with E-state index >= 15 is 0 Å². The van der Waals surface area contributed by atoms with Crippen LogP contribution in [0.4, 0.5) is 17.6 Å². The fourth-order valence-electron chi connectivity index (χ4n) is 4.49. The first-order valence-electron chi connectivity index (χ1n) is 11.1. The second-order valence-electron chi connectivity index (χ2n) is 8.55. The molecule has 0 saturated carbocycles. The molecule has 9 nitrogen and oxygen atoms in total. The molecule has 5 rings (SSSR count). The minimum Gasteiger partial charge on any atom is -0.394 e. The summed E-state index contributed by atoms with van der Waals surface area (Å²) in [4.78, 5) is 23.4. The van der Waals surface area contributed by atoms with Crippen LogP contribution in [0, 0.1) is 13.8 Å². The lowest BCUT2D eigenvalue weighted by Crippen LogP contribution is -2.33. The van der Waals surface area contributed by atoms with Gasteiger partial charge in [-0.05, 0) is 69.0 Å². The number of aliphatic hydroxyl groups excluding tert-OH is 1. The monoisotopic (exact) mass is 445 g/mol. The highest BCUT2D eigenvalue weighted by molar-refractivity contribution is 5.96. The number of imidazole rings is 1. The summed E-state index contributed by atoms with van der Waals surface area (Å²) < 4.78 is 3.66. The van der Waals surface area contributed by atoms with Crippen LogP contribution in [0.1, 0.15) is 41.3 Å². The van der Waals surface area contributed by atoms with Gasteiger partial charge in [0.25, 0.3) is 0 Å². The van der Waals surface area contributed by atoms with Crippen molar-refractivity contribution < 1.29 is 9.90 Å². The molecule has 0 aliphatic carbocycles. The zero-order valence-electron chi connectivity index (χ0n) is 19.0. The zero-order chi connectivity index (χ0) is 23.1. The van der Waals surface area contributed by atoms with Crippen LogP contribution in [0.2, 0.25) is 0 Å². The van der Waals surface area contributed by atoms with E-state index in [9.17, 15) is 9.90 Å². The maximum atomic E-state index is 12.0. The number of nitrogens with zero attached hydrogens (tertiary/aromatic N) is 6. The molecule has 4 heterocycles. The lowest BCUT2D eigenvalue weighted by Gasteiger charge is -2.25. The number of aromatic nitrogens is 5. The van der Waals surface area contributed by atoms with Crippen LogP contribution < -0.4 is 10.2 Å². The number of anilines is 3. The molecule has 1 fully saturated rings. The molecular formula is C24H27N7O2. The van der Waals surface area contributed by atoms with Gasteiger partial charge in [0.15, 0.2) is 17.4 Å². The first-order chi connectivity index (χ1) is 15.9. The van der Waals surface area contributed by atoms with Crippen LogP contribution in [0.15, 0.2) is 43.0 Å². The fraction of sp³-hybridized carbons (Fsp3) is 0.333. The zero-order valence-corrected chi connectivity index (χ0v) is 19.0. The highest BCUT2D eigenvalue weighted by atomic mass is 16.3. The SMILES string of the molecule is CC(=O)c1cc(-n2cnc(Nc3nc(N4CCC[C@H]4CO)c4cccn4n3)c2)cc(C)c1C. The summed E-state index contributed by atoms with van der Waals surface area (Å²) in [6.07, 6.45) is 7.40. The van der Waals surface area contributed by atoms with E-state index in [2.05, 4.69) is 20.3 Å². The van der Waals surface area contributed by atoms with E-state index in [0.717, 1.165) is 47.5 Å². The van der Waals surface area contributed by atoms with Crippen molar-refractivity contribution in [2.75, 3.05) is 23.4 Å². The van der Waals surface area contributed by atoms with Gasteiger partial charge in [0, 0.05) is 24.0 Å². The van der Waals surface area contributed by atoms with Crippen LogP contribution in [0.25, 0.3) is 11.2 Å². The van der Waals surface area contributed by atoms with Gasteiger partial charge < -0.3 is 19.9 Å². The molecule has 4 aromatic rings. The van der Waals surface area contributed by atoms with Crippen molar-refractivity contribution in [3.63, 3.8) is 0 Å². The van der Waals surface area contributed by atoms with Gasteiger partial charge in [-0.15, -0.1) is 5.10 Å². The highest BCUT2D eigenvalue weighted by Crippen LogP contribution is 2.29. The molecule has 1 atom stereocenters. The van der Waals surface area contributed by atoms with E-state index in [0.29, 0.717) is 17.3 Å². The normalized spacial score (nSPS) is 16.0. The Morgan fingerprint density at radius 1 is 1.30 bits per heavy atom. The molecule has 33 heavy (non-hydrogen) atoms. The van der Waals surface area contributed by atoms with Crippen molar-refractivity contribution in [2.45, 2.75) is 39.7 Å². The Bertz CT molecular complexity index is 1340. The van der Waals surface area contributed by atoms with Gasteiger partial charge in [-0.25, -0.2) is 9.50 Å². The Morgan fingerprint density at radius 3 is 2.94 bits per heavy atom. The van der Waals surface area contributed by atoms with Gasteiger partial charge in [-0.2, -0.15) is 4.98 Å². The summed E-state index contributed by atoms with van der Waals surface area (Å²) >= 11 is 0. The number of hydrogen-bond acceptors (Lipinski definition) is 7. The van der Waals surface area contributed by atoms with Crippen LogP contribution in [-0.4, -0.2) is 54.2 Å². The minimum atomic E-state index is 0.0416. The van der Waals surface area contributed by atoms with E-state index in [4.69, 9.17) is 4.98 Å². The van der Waals surface area contributed by atoms with Gasteiger partial charge in [0.1, 0.15) is 11.8 Å². The third-order valence-electron chi connectivity index (χ3n) is 6.38. The smallest absolute Gasteiger partial charge is 0.248 e. The Labute approximate surface area is 191 Å². The molecule has 1 saturated heterocycles. The van der Waals surface area contributed by atoms with Gasteiger partial charge in [0.05, 0.1) is 18.8 Å². The van der Waals surface area contributed by atoms with Crippen molar-refractivity contribution in [1.29, 1.82) is 0 Å². The number of aliphatic hydroxyl groups is 1. The summed E-state index contributed by atoms with van der Waals surface area (Å²) in [7, 11) is 0. The number of carbonyl (C=O) groups excluding carboxylic acids is 1. The third kappa shape index (κ3) is 3.84. The number of benzene rings is 1. The predicted octanol–water partition coefficient (Wildman–Crippen LogP) is 3.44. The number of nitrogens with one attached hydrogen (secondary N) is 1. The van der Waals surface area contributed by atoms with Crippen molar-refractivity contribution >= 4 is 28.9 Å². The molecule has 1 aromatic carbocycles. The Morgan fingerprint density at radius 2 is 2.15 bits per heavy atom. The number of carbonyl (C=O) groups is 1. The first kappa shape index (κ1) is 21.1. The Kier molecular flexibility index (Phi) is 5.33. The molecule has 1 aliphatic rings. The molecule has 0 bridgehead atoms. The van der Waals surface area contributed by atoms with E-state index in [-0.39, 0.29) is 18.4 Å². The van der Waals surface area contributed by atoms with Crippen LogP contribution in [0.3, 0.4) is 0 Å². The molecule has 170 valence electrons. The quantitative estimate of drug-likeness (QED) is 0.439. The lowest BCUT2D eigenvalue weighted by molar-refractivity contribution is 0.101. The summed E-state index contributed by atoms with van der Waals surface area (Å²) in [5, 5.41) is 17.6. The number of aryl methyl sites for hydroxylation is 1. The maximum absolute atomic E-state index is 12.0. The highest BCUT2D eigenvalue weighted by Gasteiger charge is 2.27. The van der Waals surface area contributed by atoms with Gasteiger partial charge >= 0.3 is 0 Å². The summed E-state index contributed by atoms with van der Waals surface area (Å²) in [6.45, 7) is 6.50. The molecule has 3 aromatic heterocycles. The standard InChI is InChI=1S/C24H27N7O2/c1-15-10-19(11-20(16(15)2)17(3)33)29-12-22(25-14-29)26-24-27-23(21-7-5-9-31(21)28-24)30-8-4-6-18(30)13-32/h5,7,9-12,14,18,32H,4,6,8,13H2,1-3H3,(H,26,28)/t18-/m0/s1. The third-order valence-corrected chi connectivity index (χ3v) is 6.38. The number of fused-ring (bicyclic) bond motifs is 1.